The molecule has 4 heterocycles. The molecule has 39 heavy (non-hydrogen) atoms. The number of aromatic nitrogens is 6. The van der Waals surface area contributed by atoms with Crippen LogP contribution in [0.2, 0.25) is 10.3 Å². The van der Waals surface area contributed by atoms with Crippen LogP contribution in [0.25, 0.3) is 11.4 Å². The summed E-state index contributed by atoms with van der Waals surface area (Å²) in [6.45, 7) is 4.21. The lowest BCUT2D eigenvalue weighted by atomic mass is 10.2. The summed E-state index contributed by atoms with van der Waals surface area (Å²) in [5.41, 5.74) is 2.55. The van der Waals surface area contributed by atoms with Gasteiger partial charge in [0.25, 0.3) is 0 Å². The lowest BCUT2D eigenvalue weighted by Gasteiger charge is -2.23. The Bertz CT molecular complexity index is 1410. The average Bonchev–Trinajstić information content (AvgIpc) is 3.54. The van der Waals surface area contributed by atoms with Gasteiger partial charge in [-0.3, -0.25) is 19.6 Å². The molecule has 0 saturated carbocycles. The summed E-state index contributed by atoms with van der Waals surface area (Å²) < 4.78 is 3.19. The first kappa shape index (κ1) is 28.6. The summed E-state index contributed by atoms with van der Waals surface area (Å²) in [6, 6.07) is 7.31. The molecule has 0 N–H and O–H groups in total. The molecule has 0 aliphatic rings. The molecule has 0 radical (unpaired) electrons. The van der Waals surface area contributed by atoms with E-state index in [4.69, 9.17) is 23.2 Å². The molecule has 0 fully saturated rings. The Labute approximate surface area is 240 Å². The van der Waals surface area contributed by atoms with E-state index in [0.717, 1.165) is 11.4 Å². The van der Waals surface area contributed by atoms with Gasteiger partial charge in [0, 0.05) is 49.8 Å². The molecule has 10 nitrogen and oxygen atoms in total. The van der Waals surface area contributed by atoms with E-state index in [2.05, 4.69) is 20.2 Å². The lowest BCUT2D eigenvalue weighted by Crippen LogP contribution is -2.36. The van der Waals surface area contributed by atoms with Gasteiger partial charge in [-0.1, -0.05) is 30.1 Å². The fourth-order valence-corrected chi connectivity index (χ4v) is 5.31. The van der Waals surface area contributed by atoms with Crippen molar-refractivity contribution in [3.8, 4) is 11.4 Å². The Morgan fingerprint density at radius 3 is 2.08 bits per heavy atom. The maximum absolute atomic E-state index is 13.3. The maximum Gasteiger partial charge on any atom is 0.230 e. The van der Waals surface area contributed by atoms with E-state index in [1.807, 2.05) is 26.0 Å². The molecule has 4 rings (SSSR count). The predicted octanol–water partition coefficient (Wildman–Crippen LogP) is 4.93. The fraction of sp³-hybridized carbons (Fsp3) is 0.308. The van der Waals surface area contributed by atoms with E-state index in [9.17, 15) is 9.59 Å². The van der Waals surface area contributed by atoms with Gasteiger partial charge in [-0.25, -0.2) is 9.36 Å². The van der Waals surface area contributed by atoms with E-state index >= 15 is 0 Å². The summed E-state index contributed by atoms with van der Waals surface area (Å²) in [5, 5.41) is 9.09. The van der Waals surface area contributed by atoms with Crippen LogP contribution in [0.5, 0.6) is 0 Å². The molecular weight excluding hydrogens is 559 g/mol. The van der Waals surface area contributed by atoms with Crippen LogP contribution in [-0.4, -0.2) is 66.4 Å². The van der Waals surface area contributed by atoms with E-state index in [1.54, 1.807) is 82.4 Å². The highest BCUT2D eigenvalue weighted by Crippen LogP contribution is 2.28. The molecule has 0 aromatic carbocycles. The first-order chi connectivity index (χ1) is 18.8. The van der Waals surface area contributed by atoms with E-state index in [-0.39, 0.29) is 34.5 Å². The molecule has 0 spiro atoms. The molecule has 4 aromatic rings. The van der Waals surface area contributed by atoms with Gasteiger partial charge in [-0.2, -0.15) is 22.0 Å². The molecule has 0 saturated heterocycles. The number of pyridine rings is 2. The lowest BCUT2D eigenvalue weighted by molar-refractivity contribution is -0.121. The molecule has 0 aliphatic heterocycles. The fourth-order valence-electron chi connectivity index (χ4n) is 3.84. The van der Waals surface area contributed by atoms with Crippen molar-refractivity contribution in [1.29, 1.82) is 0 Å². The predicted molar refractivity (Wildman–Crippen MR) is 155 cm³/mol. The summed E-state index contributed by atoms with van der Waals surface area (Å²) in [6.07, 6.45) is 10.4. The van der Waals surface area contributed by atoms with Crippen LogP contribution in [0.4, 0.5) is 11.4 Å². The minimum atomic E-state index is -0.284. The van der Waals surface area contributed by atoms with Crippen LogP contribution < -0.4 is 9.80 Å². The molecule has 4 aromatic heterocycles. The molecular formula is C26H28Cl2N8O2S. The highest BCUT2D eigenvalue weighted by molar-refractivity contribution is 7.99. The number of anilines is 2. The van der Waals surface area contributed by atoms with Gasteiger partial charge in [0.05, 0.1) is 36.2 Å². The van der Waals surface area contributed by atoms with Crippen LogP contribution >= 0.6 is 35.0 Å². The van der Waals surface area contributed by atoms with Crippen molar-refractivity contribution in [3.05, 3.63) is 71.8 Å². The Morgan fingerprint density at radius 1 is 0.974 bits per heavy atom. The summed E-state index contributed by atoms with van der Waals surface area (Å²) in [5.74, 6) is 0.670. The molecule has 2 amide bonds. The topological polar surface area (TPSA) is 102 Å². The molecule has 0 bridgehead atoms. The van der Waals surface area contributed by atoms with Crippen molar-refractivity contribution in [1.82, 2.24) is 29.5 Å². The van der Waals surface area contributed by atoms with Gasteiger partial charge in [-0.05, 0) is 31.2 Å². The Hall–Kier alpha value is -3.41. The second-order valence-corrected chi connectivity index (χ2v) is 10.5. The van der Waals surface area contributed by atoms with Crippen LogP contribution in [-0.2, 0) is 9.59 Å². The van der Waals surface area contributed by atoms with Crippen LogP contribution in [0, 0.1) is 5.92 Å². The van der Waals surface area contributed by atoms with Crippen molar-refractivity contribution in [2.75, 3.05) is 34.9 Å². The summed E-state index contributed by atoms with van der Waals surface area (Å²) in [4.78, 5) is 37.4. The largest absolute Gasteiger partial charge is 0.311 e. The van der Waals surface area contributed by atoms with E-state index in [0.29, 0.717) is 29.4 Å². The zero-order valence-corrected chi connectivity index (χ0v) is 24.1. The molecule has 0 aliphatic carbocycles. The number of carbonyl (C=O) groups is 2. The number of thioether (sulfide) groups is 1. The Balaban J connectivity index is 1.29. The molecule has 1 unspecified atom stereocenters. The first-order valence-electron chi connectivity index (χ1n) is 12.3. The third-order valence-corrected chi connectivity index (χ3v) is 7.75. The van der Waals surface area contributed by atoms with Crippen molar-refractivity contribution in [3.63, 3.8) is 0 Å². The van der Waals surface area contributed by atoms with E-state index < -0.39 is 0 Å². The van der Waals surface area contributed by atoms with Gasteiger partial charge in [0.1, 0.15) is 11.4 Å². The van der Waals surface area contributed by atoms with Crippen molar-refractivity contribution in [2.45, 2.75) is 20.3 Å². The normalized spacial score (nSPS) is 11.8. The first-order valence-corrected chi connectivity index (χ1v) is 14.2. The highest BCUT2D eigenvalue weighted by atomic mass is 35.5. The molecule has 13 heteroatoms. The Kier molecular flexibility index (Phi) is 9.60. The van der Waals surface area contributed by atoms with Crippen molar-refractivity contribution < 1.29 is 9.59 Å². The number of hydrogen-bond acceptors (Lipinski definition) is 7. The monoisotopic (exact) mass is 586 g/mol. The molecule has 204 valence electrons. The third kappa shape index (κ3) is 6.78. The van der Waals surface area contributed by atoms with Crippen LogP contribution in [0.3, 0.4) is 0 Å². The number of nitrogens with zero attached hydrogens (tertiary/aromatic N) is 8. The number of halogens is 2. The third-order valence-electron chi connectivity index (χ3n) is 5.98. The van der Waals surface area contributed by atoms with Crippen LogP contribution in [0.15, 0.2) is 61.4 Å². The Morgan fingerprint density at radius 2 is 1.54 bits per heavy atom. The molecule has 1 atom stereocenters. The SMILES string of the molecule is CCN(C(=O)C(C)CSCCC(=O)N(C)c1cn(-c2cccnc2)nc1Cl)c1cn(-c2cccnc2)nc1Cl. The smallest absolute Gasteiger partial charge is 0.230 e. The van der Waals surface area contributed by atoms with Gasteiger partial charge < -0.3 is 9.80 Å². The number of rotatable bonds is 11. The van der Waals surface area contributed by atoms with Gasteiger partial charge in [0.15, 0.2) is 10.3 Å². The van der Waals surface area contributed by atoms with Crippen LogP contribution in [0.1, 0.15) is 20.3 Å². The van der Waals surface area contributed by atoms with Crippen molar-refractivity contribution in [2.24, 2.45) is 5.92 Å². The summed E-state index contributed by atoms with van der Waals surface area (Å²) in [7, 11) is 1.67. The number of hydrogen-bond donors (Lipinski definition) is 0. The standard InChI is InChI=1S/C26H28Cl2N8O2S/c1-4-34(22-16-36(32-25(22)28)20-8-6-11-30-14-20)26(38)18(2)17-39-12-9-23(37)33(3)21-15-35(31-24(21)27)19-7-5-10-29-13-19/h5-8,10-11,13-16,18H,4,9,12,17H2,1-3H3. The minimum Gasteiger partial charge on any atom is -0.311 e. The quantitative estimate of drug-likeness (QED) is 0.229. The maximum atomic E-state index is 13.3. The van der Waals surface area contributed by atoms with Gasteiger partial charge in [0.2, 0.25) is 11.8 Å². The highest BCUT2D eigenvalue weighted by Gasteiger charge is 2.25. The number of amides is 2. The minimum absolute atomic E-state index is 0.0596. The van der Waals surface area contributed by atoms with Gasteiger partial charge >= 0.3 is 0 Å². The van der Waals surface area contributed by atoms with Crippen molar-refractivity contribution >= 4 is 58.2 Å². The van der Waals surface area contributed by atoms with Gasteiger partial charge in [-0.15, -0.1) is 0 Å². The number of carbonyl (C=O) groups excluding carboxylic acids is 2. The second kappa shape index (κ2) is 13.1. The van der Waals surface area contributed by atoms with E-state index in [1.165, 1.54) is 4.90 Å². The summed E-state index contributed by atoms with van der Waals surface area (Å²) >= 11 is 14.2. The second-order valence-electron chi connectivity index (χ2n) is 8.68. The zero-order valence-electron chi connectivity index (χ0n) is 21.7. The zero-order chi connectivity index (χ0) is 27.9. The average molecular weight is 588 g/mol.